The summed E-state index contributed by atoms with van der Waals surface area (Å²) < 4.78 is 5.14. The molecule has 1 aliphatic rings. The number of ether oxygens (including phenoxy) is 1. The fourth-order valence-electron chi connectivity index (χ4n) is 2.37. The van der Waals surface area contributed by atoms with E-state index in [-0.39, 0.29) is 25.3 Å². The molecule has 2 rings (SSSR count). The fourth-order valence-corrected chi connectivity index (χ4v) is 3.18. The Morgan fingerprint density at radius 2 is 2.33 bits per heavy atom. The number of amides is 2. The molecule has 1 aromatic rings. The number of carboxylic acid groups (broad SMARTS) is 1. The van der Waals surface area contributed by atoms with Gasteiger partial charge in [0, 0.05) is 4.88 Å². The zero-order chi connectivity index (χ0) is 15.2. The van der Waals surface area contributed by atoms with E-state index in [4.69, 9.17) is 9.84 Å². The van der Waals surface area contributed by atoms with Crippen LogP contribution >= 0.6 is 11.3 Å². The average molecular weight is 312 g/mol. The third-order valence-corrected chi connectivity index (χ3v) is 4.47. The van der Waals surface area contributed by atoms with E-state index in [0.29, 0.717) is 0 Å². The van der Waals surface area contributed by atoms with Gasteiger partial charge in [-0.15, -0.1) is 11.3 Å². The Morgan fingerprint density at radius 3 is 2.95 bits per heavy atom. The van der Waals surface area contributed by atoms with E-state index in [1.54, 1.807) is 11.3 Å². The number of rotatable bonds is 6. The molecule has 0 saturated carbocycles. The van der Waals surface area contributed by atoms with E-state index in [2.05, 4.69) is 17.6 Å². The van der Waals surface area contributed by atoms with Gasteiger partial charge in [0.15, 0.2) is 0 Å². The summed E-state index contributed by atoms with van der Waals surface area (Å²) in [6, 6.07) is 3.08. The van der Waals surface area contributed by atoms with Gasteiger partial charge < -0.3 is 20.5 Å². The van der Waals surface area contributed by atoms with E-state index < -0.39 is 17.9 Å². The number of aliphatic carboxylic acids is 1. The minimum Gasteiger partial charge on any atom is -0.481 e. The van der Waals surface area contributed by atoms with Crippen LogP contribution in [0.5, 0.6) is 0 Å². The molecule has 0 spiro atoms. The zero-order valence-corrected chi connectivity index (χ0v) is 12.7. The average Bonchev–Trinajstić information content (AvgIpc) is 3.08. The lowest BCUT2D eigenvalue weighted by atomic mass is 10.0. The van der Waals surface area contributed by atoms with Gasteiger partial charge >= 0.3 is 12.0 Å². The molecule has 1 aromatic heterocycles. The molecule has 0 radical (unpaired) electrons. The molecule has 3 N–H and O–H groups in total. The Bertz CT molecular complexity index is 477. The monoisotopic (exact) mass is 312 g/mol. The molecule has 1 fully saturated rings. The van der Waals surface area contributed by atoms with Gasteiger partial charge in [-0.1, -0.05) is 19.4 Å². The van der Waals surface area contributed by atoms with E-state index >= 15 is 0 Å². The highest BCUT2D eigenvalue weighted by Gasteiger charge is 2.35. The highest BCUT2D eigenvalue weighted by atomic mass is 32.1. The first-order chi connectivity index (χ1) is 10.1. The highest BCUT2D eigenvalue weighted by molar-refractivity contribution is 7.10. The minimum atomic E-state index is -0.943. The summed E-state index contributed by atoms with van der Waals surface area (Å²) >= 11 is 1.60. The predicted octanol–water partition coefficient (Wildman–Crippen LogP) is 1.99. The summed E-state index contributed by atoms with van der Waals surface area (Å²) in [4.78, 5) is 24.2. The molecular formula is C14H20N2O4S. The predicted molar refractivity (Wildman–Crippen MR) is 79.4 cm³/mol. The Labute approximate surface area is 127 Å². The molecule has 1 saturated heterocycles. The second-order valence-corrected chi connectivity index (χ2v) is 6.04. The Kier molecular flexibility index (Phi) is 5.58. The van der Waals surface area contributed by atoms with Gasteiger partial charge in [0.05, 0.1) is 25.3 Å². The molecule has 3 atom stereocenters. The second-order valence-electron chi connectivity index (χ2n) is 5.06. The van der Waals surface area contributed by atoms with E-state index in [1.165, 1.54) is 0 Å². The lowest BCUT2D eigenvalue weighted by molar-refractivity contribution is -0.142. The summed E-state index contributed by atoms with van der Waals surface area (Å²) in [5.41, 5.74) is 0. The van der Waals surface area contributed by atoms with Gasteiger partial charge in [-0.05, 0) is 17.9 Å². The van der Waals surface area contributed by atoms with Crippen molar-refractivity contribution in [2.24, 2.45) is 5.92 Å². The number of carbonyl (C=O) groups excluding carboxylic acids is 1. The maximum Gasteiger partial charge on any atom is 0.315 e. The van der Waals surface area contributed by atoms with Crippen LogP contribution in [0.1, 0.15) is 30.7 Å². The van der Waals surface area contributed by atoms with Gasteiger partial charge in [-0.2, -0.15) is 0 Å². The van der Waals surface area contributed by atoms with E-state index in [9.17, 15) is 9.59 Å². The molecule has 21 heavy (non-hydrogen) atoms. The van der Waals surface area contributed by atoms with Gasteiger partial charge in [0.25, 0.3) is 0 Å². The molecule has 116 valence electrons. The summed E-state index contributed by atoms with van der Waals surface area (Å²) in [6.45, 7) is 2.44. The number of nitrogens with one attached hydrogen (secondary N) is 2. The normalized spacial score (nSPS) is 22.7. The number of hydrogen-bond donors (Lipinski definition) is 3. The summed E-state index contributed by atoms with van der Waals surface area (Å²) in [7, 11) is 0. The Balaban J connectivity index is 1.92. The number of urea groups is 1. The van der Waals surface area contributed by atoms with Crippen LogP contribution in [-0.2, 0) is 9.53 Å². The van der Waals surface area contributed by atoms with Gasteiger partial charge in [-0.3, -0.25) is 4.79 Å². The van der Waals surface area contributed by atoms with Crippen LogP contribution in [0.4, 0.5) is 4.79 Å². The zero-order valence-electron chi connectivity index (χ0n) is 11.9. The van der Waals surface area contributed by atoms with Crippen molar-refractivity contribution >= 4 is 23.3 Å². The van der Waals surface area contributed by atoms with Crippen molar-refractivity contribution in [1.82, 2.24) is 10.6 Å². The van der Waals surface area contributed by atoms with Gasteiger partial charge in [-0.25, -0.2) is 4.79 Å². The molecule has 6 nitrogen and oxygen atoms in total. The molecule has 0 aromatic carbocycles. The minimum absolute atomic E-state index is 0.0411. The third-order valence-electron chi connectivity index (χ3n) is 3.48. The van der Waals surface area contributed by atoms with Crippen LogP contribution in [0.2, 0.25) is 0 Å². The molecule has 0 aliphatic carbocycles. The van der Waals surface area contributed by atoms with Crippen LogP contribution in [0.15, 0.2) is 17.5 Å². The van der Waals surface area contributed by atoms with E-state index in [0.717, 1.165) is 17.7 Å². The summed E-state index contributed by atoms with van der Waals surface area (Å²) in [6.07, 6.45) is 1.80. The van der Waals surface area contributed by atoms with Gasteiger partial charge in [0.2, 0.25) is 0 Å². The standard InChI is InChI=1S/C14H20N2O4S/c1-2-4-10(12-5-3-6-21-12)15-14(19)16-11-8-20-7-9(11)13(17)18/h3,5-6,9-11H,2,4,7-8H2,1H3,(H,17,18)(H2,15,16,19). The van der Waals surface area contributed by atoms with Crippen LogP contribution in [-0.4, -0.2) is 36.4 Å². The van der Waals surface area contributed by atoms with Crippen molar-refractivity contribution < 1.29 is 19.4 Å². The molecule has 2 amide bonds. The number of hydrogen-bond acceptors (Lipinski definition) is 4. The topological polar surface area (TPSA) is 87.7 Å². The van der Waals surface area contributed by atoms with Crippen molar-refractivity contribution in [1.29, 1.82) is 0 Å². The number of thiophene rings is 1. The smallest absolute Gasteiger partial charge is 0.315 e. The van der Waals surface area contributed by atoms with Crippen LogP contribution in [0.25, 0.3) is 0 Å². The van der Waals surface area contributed by atoms with Crippen molar-refractivity contribution in [3.63, 3.8) is 0 Å². The van der Waals surface area contributed by atoms with Crippen LogP contribution in [0.3, 0.4) is 0 Å². The van der Waals surface area contributed by atoms with Crippen LogP contribution in [0, 0.1) is 5.92 Å². The summed E-state index contributed by atoms with van der Waals surface area (Å²) in [5.74, 6) is -1.62. The largest absolute Gasteiger partial charge is 0.481 e. The van der Waals surface area contributed by atoms with Crippen molar-refractivity contribution in [2.75, 3.05) is 13.2 Å². The lowest BCUT2D eigenvalue weighted by Gasteiger charge is -2.20. The summed E-state index contributed by atoms with van der Waals surface area (Å²) in [5, 5.41) is 16.7. The lowest BCUT2D eigenvalue weighted by Crippen LogP contribution is -2.47. The van der Waals surface area contributed by atoms with Crippen molar-refractivity contribution in [3.05, 3.63) is 22.4 Å². The first-order valence-corrected chi connectivity index (χ1v) is 7.90. The van der Waals surface area contributed by atoms with Crippen molar-refractivity contribution in [2.45, 2.75) is 31.8 Å². The maximum absolute atomic E-state index is 12.1. The molecule has 3 unspecified atom stereocenters. The first-order valence-electron chi connectivity index (χ1n) is 7.02. The quantitative estimate of drug-likeness (QED) is 0.749. The third kappa shape index (κ3) is 4.18. The Morgan fingerprint density at radius 1 is 1.52 bits per heavy atom. The first kappa shape index (κ1) is 15.8. The molecule has 1 aliphatic heterocycles. The van der Waals surface area contributed by atoms with Crippen LogP contribution < -0.4 is 10.6 Å². The second kappa shape index (κ2) is 7.42. The molecule has 0 bridgehead atoms. The highest BCUT2D eigenvalue weighted by Crippen LogP contribution is 2.23. The van der Waals surface area contributed by atoms with E-state index in [1.807, 2.05) is 17.5 Å². The number of carbonyl (C=O) groups is 2. The molecule has 7 heteroatoms. The maximum atomic E-state index is 12.1. The fraction of sp³-hybridized carbons (Fsp3) is 0.571. The number of carboxylic acids is 1. The molecular weight excluding hydrogens is 292 g/mol. The van der Waals surface area contributed by atoms with Crippen molar-refractivity contribution in [3.8, 4) is 0 Å². The van der Waals surface area contributed by atoms with Gasteiger partial charge in [0.1, 0.15) is 5.92 Å². The Hall–Kier alpha value is -1.60. The SMILES string of the molecule is CCCC(NC(=O)NC1COCC1C(=O)O)c1cccs1. The molecule has 2 heterocycles.